The Bertz CT molecular complexity index is 1030. The summed E-state index contributed by atoms with van der Waals surface area (Å²) in [5, 5.41) is 6.71. The second-order valence-corrected chi connectivity index (χ2v) is 8.71. The number of carbonyl (C=O) groups is 3. The minimum absolute atomic E-state index is 0.166. The molecular weight excluding hydrogens is 423 g/mol. The predicted octanol–water partition coefficient (Wildman–Crippen LogP) is 3.35. The number of hydrogen-bond donors (Lipinski definition) is 3. The lowest BCUT2D eigenvalue weighted by molar-refractivity contribution is -0.139. The summed E-state index contributed by atoms with van der Waals surface area (Å²) in [6.07, 6.45) is 4.81. The maximum absolute atomic E-state index is 13.9. The SMILES string of the molecule is CCc1ccc([C@H](NCC(=O)NN2C(=O)NC3(CCCCC3)C2=O)c2cccc(F)c2)cc1. The summed E-state index contributed by atoms with van der Waals surface area (Å²) < 4.78 is 13.9. The highest BCUT2D eigenvalue weighted by Crippen LogP contribution is 2.33. The van der Waals surface area contributed by atoms with Crippen molar-refractivity contribution in [3.05, 3.63) is 71.0 Å². The fourth-order valence-corrected chi connectivity index (χ4v) is 4.64. The smallest absolute Gasteiger partial charge is 0.322 e. The van der Waals surface area contributed by atoms with Gasteiger partial charge < -0.3 is 5.32 Å². The number of hydrogen-bond acceptors (Lipinski definition) is 4. The third-order valence-electron chi connectivity index (χ3n) is 6.48. The van der Waals surface area contributed by atoms with Crippen LogP contribution in [0.2, 0.25) is 0 Å². The molecule has 1 heterocycles. The van der Waals surface area contributed by atoms with Crippen molar-refractivity contribution in [2.45, 2.75) is 57.0 Å². The van der Waals surface area contributed by atoms with Crippen molar-refractivity contribution in [2.24, 2.45) is 0 Å². The van der Waals surface area contributed by atoms with E-state index in [1.807, 2.05) is 24.3 Å². The van der Waals surface area contributed by atoms with Crippen molar-refractivity contribution < 1.29 is 18.8 Å². The number of aryl methyl sites for hydroxylation is 1. The van der Waals surface area contributed by atoms with Crippen LogP contribution in [0.3, 0.4) is 0 Å². The topological polar surface area (TPSA) is 90.5 Å². The molecule has 1 saturated carbocycles. The van der Waals surface area contributed by atoms with Gasteiger partial charge in [-0.2, -0.15) is 5.01 Å². The van der Waals surface area contributed by atoms with Crippen LogP contribution in [-0.2, 0) is 16.0 Å². The second-order valence-electron chi connectivity index (χ2n) is 8.71. The first kappa shape index (κ1) is 22.9. The number of imide groups is 1. The number of rotatable bonds is 7. The molecule has 4 rings (SSSR count). The van der Waals surface area contributed by atoms with Crippen LogP contribution in [0.15, 0.2) is 48.5 Å². The highest BCUT2D eigenvalue weighted by Gasteiger charge is 2.52. The fraction of sp³-hybridized carbons (Fsp3) is 0.400. The Balaban J connectivity index is 1.45. The number of benzene rings is 2. The fourth-order valence-electron chi connectivity index (χ4n) is 4.64. The molecule has 1 saturated heterocycles. The normalized spacial score (nSPS) is 18.3. The van der Waals surface area contributed by atoms with Crippen molar-refractivity contribution in [2.75, 3.05) is 6.54 Å². The molecular formula is C25H29FN4O3. The molecule has 4 amide bonds. The van der Waals surface area contributed by atoms with Gasteiger partial charge in [0.2, 0.25) is 0 Å². The molecule has 0 radical (unpaired) electrons. The first-order chi connectivity index (χ1) is 15.9. The lowest BCUT2D eigenvalue weighted by atomic mass is 9.82. The molecule has 174 valence electrons. The zero-order valence-corrected chi connectivity index (χ0v) is 18.7. The van der Waals surface area contributed by atoms with Gasteiger partial charge in [0.05, 0.1) is 12.6 Å². The summed E-state index contributed by atoms with van der Waals surface area (Å²) in [6.45, 7) is 1.90. The number of nitrogens with zero attached hydrogens (tertiary/aromatic N) is 1. The molecule has 0 bridgehead atoms. The van der Waals surface area contributed by atoms with Gasteiger partial charge in [0.15, 0.2) is 0 Å². The third-order valence-corrected chi connectivity index (χ3v) is 6.48. The first-order valence-corrected chi connectivity index (χ1v) is 11.5. The molecule has 2 aromatic carbocycles. The Morgan fingerprint density at radius 1 is 1.09 bits per heavy atom. The van der Waals surface area contributed by atoms with E-state index in [1.54, 1.807) is 12.1 Å². The minimum atomic E-state index is -0.902. The monoisotopic (exact) mass is 452 g/mol. The molecule has 0 aromatic heterocycles. The zero-order valence-electron chi connectivity index (χ0n) is 18.7. The highest BCUT2D eigenvalue weighted by molar-refractivity contribution is 6.08. The standard InChI is InChI=1S/C25H29FN4O3/c1-2-17-9-11-18(12-10-17)22(19-7-6-8-20(26)15-19)27-16-21(31)29-30-23(32)25(28-24(30)33)13-4-3-5-14-25/h6-12,15,22,27H,2-5,13-14,16H2,1H3,(H,28,33)(H,29,31)/t22-/m0/s1. The summed E-state index contributed by atoms with van der Waals surface area (Å²) in [4.78, 5) is 37.9. The van der Waals surface area contributed by atoms with Gasteiger partial charge in [-0.1, -0.05) is 62.6 Å². The van der Waals surface area contributed by atoms with Gasteiger partial charge in [0, 0.05) is 0 Å². The maximum atomic E-state index is 13.9. The molecule has 33 heavy (non-hydrogen) atoms. The van der Waals surface area contributed by atoms with E-state index in [0.29, 0.717) is 18.4 Å². The third kappa shape index (κ3) is 4.90. The van der Waals surface area contributed by atoms with Gasteiger partial charge in [-0.3, -0.25) is 20.3 Å². The molecule has 2 aliphatic rings. The summed E-state index contributed by atoms with van der Waals surface area (Å²) in [6, 6.07) is 13.1. The van der Waals surface area contributed by atoms with Crippen molar-refractivity contribution in [3.63, 3.8) is 0 Å². The molecule has 2 fully saturated rings. The van der Waals surface area contributed by atoms with Gasteiger partial charge in [0.25, 0.3) is 11.8 Å². The van der Waals surface area contributed by atoms with Crippen molar-refractivity contribution in [3.8, 4) is 0 Å². The van der Waals surface area contributed by atoms with Gasteiger partial charge in [-0.25, -0.2) is 9.18 Å². The van der Waals surface area contributed by atoms with E-state index in [-0.39, 0.29) is 12.4 Å². The highest BCUT2D eigenvalue weighted by atomic mass is 19.1. The van der Waals surface area contributed by atoms with Crippen LogP contribution < -0.4 is 16.1 Å². The van der Waals surface area contributed by atoms with E-state index in [4.69, 9.17) is 0 Å². The number of amides is 4. The molecule has 1 spiro atoms. The lowest BCUT2D eigenvalue weighted by Crippen LogP contribution is -2.52. The van der Waals surface area contributed by atoms with Crippen molar-refractivity contribution in [1.82, 2.24) is 21.1 Å². The summed E-state index contributed by atoms with van der Waals surface area (Å²) >= 11 is 0. The van der Waals surface area contributed by atoms with Crippen LogP contribution >= 0.6 is 0 Å². The van der Waals surface area contributed by atoms with E-state index < -0.39 is 29.4 Å². The number of halogens is 1. The van der Waals surface area contributed by atoms with Crippen LogP contribution in [0, 0.1) is 5.82 Å². The minimum Gasteiger partial charge on any atom is -0.322 e. The average molecular weight is 453 g/mol. The number of carbonyl (C=O) groups excluding carboxylic acids is 3. The van der Waals surface area contributed by atoms with Crippen LogP contribution in [0.5, 0.6) is 0 Å². The molecule has 2 aromatic rings. The van der Waals surface area contributed by atoms with Crippen LogP contribution in [0.4, 0.5) is 9.18 Å². The predicted molar refractivity (Wildman–Crippen MR) is 121 cm³/mol. The van der Waals surface area contributed by atoms with E-state index in [2.05, 4.69) is 23.0 Å². The first-order valence-electron chi connectivity index (χ1n) is 11.5. The zero-order chi connectivity index (χ0) is 23.4. The molecule has 0 unspecified atom stereocenters. The van der Waals surface area contributed by atoms with Crippen molar-refractivity contribution >= 4 is 17.8 Å². The van der Waals surface area contributed by atoms with Gasteiger partial charge in [-0.05, 0) is 48.1 Å². The Labute approximate surface area is 192 Å². The van der Waals surface area contributed by atoms with Crippen LogP contribution in [-0.4, -0.2) is 34.9 Å². The maximum Gasteiger partial charge on any atom is 0.344 e. The van der Waals surface area contributed by atoms with Gasteiger partial charge >= 0.3 is 6.03 Å². The van der Waals surface area contributed by atoms with E-state index in [0.717, 1.165) is 36.3 Å². The summed E-state index contributed by atoms with van der Waals surface area (Å²) in [5.41, 5.74) is 4.25. The molecule has 8 heteroatoms. The quantitative estimate of drug-likeness (QED) is 0.562. The average Bonchev–Trinajstić information content (AvgIpc) is 3.04. The summed E-state index contributed by atoms with van der Waals surface area (Å²) in [5.74, 6) is -1.30. The molecule has 1 aliphatic carbocycles. The van der Waals surface area contributed by atoms with E-state index >= 15 is 0 Å². The Morgan fingerprint density at radius 3 is 2.48 bits per heavy atom. The lowest BCUT2D eigenvalue weighted by Gasteiger charge is -2.30. The number of hydrazine groups is 1. The molecule has 7 nitrogen and oxygen atoms in total. The largest absolute Gasteiger partial charge is 0.344 e. The van der Waals surface area contributed by atoms with E-state index in [9.17, 15) is 18.8 Å². The van der Waals surface area contributed by atoms with Gasteiger partial charge in [-0.15, -0.1) is 0 Å². The molecule has 1 atom stereocenters. The Hall–Kier alpha value is -3.26. The molecule has 1 aliphatic heterocycles. The van der Waals surface area contributed by atoms with E-state index in [1.165, 1.54) is 17.7 Å². The Morgan fingerprint density at radius 2 is 1.82 bits per heavy atom. The second kappa shape index (κ2) is 9.70. The van der Waals surface area contributed by atoms with Gasteiger partial charge in [0.1, 0.15) is 11.4 Å². The van der Waals surface area contributed by atoms with Crippen molar-refractivity contribution in [1.29, 1.82) is 0 Å². The summed E-state index contributed by atoms with van der Waals surface area (Å²) in [7, 11) is 0. The van der Waals surface area contributed by atoms with Crippen LogP contribution in [0.25, 0.3) is 0 Å². The Kier molecular flexibility index (Phi) is 6.74. The van der Waals surface area contributed by atoms with Crippen LogP contribution in [0.1, 0.15) is 61.8 Å². The number of urea groups is 1. The molecule has 3 N–H and O–H groups in total. The number of nitrogens with one attached hydrogen (secondary N) is 3.